The molecule has 1 aliphatic rings. The number of hydrogen-bond acceptors (Lipinski definition) is 7. The average molecular weight is 417 g/mol. The first-order valence-corrected chi connectivity index (χ1v) is 10.4. The largest absolute Gasteiger partial charge is 0.456 e. The second-order valence-electron chi connectivity index (χ2n) is 7.69. The van der Waals surface area contributed by atoms with Crippen molar-refractivity contribution in [2.75, 3.05) is 13.7 Å². The van der Waals surface area contributed by atoms with Gasteiger partial charge in [-0.3, -0.25) is 14.4 Å². The van der Waals surface area contributed by atoms with E-state index in [0.29, 0.717) is 11.2 Å². The average Bonchev–Trinajstić information content (AvgIpc) is 3.08. The predicted molar refractivity (Wildman–Crippen MR) is 109 cm³/mol. The molecule has 1 aliphatic carbocycles. The molecule has 2 aromatic rings. The maximum Gasteiger partial charge on any atom is 0.306 e. The summed E-state index contributed by atoms with van der Waals surface area (Å²) >= 11 is 1.56. The molecular formula is C20H24N4O4S. The highest BCUT2D eigenvalue weighted by Crippen LogP contribution is 2.33. The van der Waals surface area contributed by atoms with Crippen LogP contribution in [0.2, 0.25) is 0 Å². The Labute approximate surface area is 172 Å². The van der Waals surface area contributed by atoms with E-state index in [4.69, 9.17) is 10.00 Å². The molecule has 3 rings (SSSR count). The van der Waals surface area contributed by atoms with Crippen LogP contribution >= 0.6 is 11.3 Å². The third kappa shape index (κ3) is 4.48. The summed E-state index contributed by atoms with van der Waals surface area (Å²) in [5.41, 5.74) is -0.0190. The van der Waals surface area contributed by atoms with E-state index in [2.05, 4.69) is 9.97 Å². The van der Waals surface area contributed by atoms with Crippen LogP contribution in [0.15, 0.2) is 4.79 Å². The SMILES string of the molecule is CN(C(=O)COC(=O)CCc1nc2sc3c(c2c(=O)[nH]1)CCCC3)C(C)(C)C#N. The molecule has 2 aromatic heterocycles. The highest BCUT2D eigenvalue weighted by molar-refractivity contribution is 7.18. The van der Waals surface area contributed by atoms with Gasteiger partial charge in [-0.2, -0.15) is 5.26 Å². The Bertz CT molecular complexity index is 1050. The smallest absolute Gasteiger partial charge is 0.306 e. The lowest BCUT2D eigenvalue weighted by atomic mass is 9.97. The number of carbonyl (C=O) groups excluding carboxylic acids is 2. The van der Waals surface area contributed by atoms with Gasteiger partial charge in [0.15, 0.2) is 6.61 Å². The van der Waals surface area contributed by atoms with Gasteiger partial charge in [0.1, 0.15) is 16.2 Å². The molecule has 29 heavy (non-hydrogen) atoms. The summed E-state index contributed by atoms with van der Waals surface area (Å²) in [5, 5.41) is 9.75. The van der Waals surface area contributed by atoms with E-state index in [-0.39, 0.29) is 18.4 Å². The summed E-state index contributed by atoms with van der Waals surface area (Å²) in [6.45, 7) is 2.78. The monoisotopic (exact) mass is 416 g/mol. The maximum atomic E-state index is 12.5. The molecule has 2 heterocycles. The minimum Gasteiger partial charge on any atom is -0.456 e. The van der Waals surface area contributed by atoms with Crippen molar-refractivity contribution >= 4 is 33.4 Å². The van der Waals surface area contributed by atoms with E-state index in [1.54, 1.807) is 25.2 Å². The zero-order valence-electron chi connectivity index (χ0n) is 16.8. The standard InChI is InChI=1S/C20H24N4O4S/c1-20(2,11-21)24(3)15(25)10-28-16(26)9-8-14-22-18(27)17-12-6-4-5-7-13(12)29-19(17)23-14/h4-10H2,1-3H3,(H,22,23,27). The van der Waals surface area contributed by atoms with Gasteiger partial charge in [0.05, 0.1) is 17.9 Å². The van der Waals surface area contributed by atoms with Gasteiger partial charge in [0, 0.05) is 18.3 Å². The Morgan fingerprint density at radius 2 is 2.07 bits per heavy atom. The molecule has 0 spiro atoms. The molecule has 1 amide bonds. The summed E-state index contributed by atoms with van der Waals surface area (Å²) < 4.78 is 5.01. The van der Waals surface area contributed by atoms with Crippen molar-refractivity contribution in [2.24, 2.45) is 0 Å². The van der Waals surface area contributed by atoms with Crippen molar-refractivity contribution in [3.8, 4) is 6.07 Å². The van der Waals surface area contributed by atoms with Gasteiger partial charge in [-0.05, 0) is 45.1 Å². The number of nitriles is 1. The van der Waals surface area contributed by atoms with Crippen LogP contribution < -0.4 is 5.56 Å². The van der Waals surface area contributed by atoms with Crippen molar-refractivity contribution in [2.45, 2.75) is 57.9 Å². The predicted octanol–water partition coefficient (Wildman–Crippen LogP) is 2.10. The van der Waals surface area contributed by atoms with E-state index < -0.39 is 24.0 Å². The van der Waals surface area contributed by atoms with Crippen LogP contribution in [0.25, 0.3) is 10.2 Å². The van der Waals surface area contributed by atoms with Gasteiger partial charge < -0.3 is 14.6 Å². The number of aryl methyl sites for hydroxylation is 3. The lowest BCUT2D eigenvalue weighted by Crippen LogP contribution is -2.45. The number of esters is 1. The molecule has 0 atom stereocenters. The highest BCUT2D eigenvalue weighted by atomic mass is 32.1. The van der Waals surface area contributed by atoms with E-state index in [9.17, 15) is 14.4 Å². The summed E-state index contributed by atoms with van der Waals surface area (Å²) in [5.74, 6) is -0.580. The molecule has 0 saturated carbocycles. The molecule has 1 N–H and O–H groups in total. The number of ether oxygens (including phenoxy) is 1. The third-order valence-corrected chi connectivity index (χ3v) is 6.47. The zero-order valence-corrected chi connectivity index (χ0v) is 17.6. The van der Waals surface area contributed by atoms with Crippen molar-refractivity contribution in [3.05, 3.63) is 26.6 Å². The Balaban J connectivity index is 1.59. The number of rotatable bonds is 6. The van der Waals surface area contributed by atoms with Crippen LogP contribution in [-0.2, 0) is 33.6 Å². The van der Waals surface area contributed by atoms with Gasteiger partial charge in [-0.25, -0.2) is 4.98 Å². The number of likely N-dealkylation sites (N-methyl/N-ethyl adjacent to an activating group) is 1. The normalized spacial score (nSPS) is 13.6. The second kappa shape index (κ2) is 8.33. The molecule has 0 aromatic carbocycles. The number of thiophene rings is 1. The number of aromatic nitrogens is 2. The summed E-state index contributed by atoms with van der Waals surface area (Å²) in [4.78, 5) is 47.1. The zero-order chi connectivity index (χ0) is 21.2. The molecule has 9 heteroatoms. The van der Waals surface area contributed by atoms with E-state index in [0.717, 1.165) is 36.1 Å². The number of hydrogen-bond donors (Lipinski definition) is 1. The lowest BCUT2D eigenvalue weighted by molar-refractivity contribution is -0.152. The molecule has 0 bridgehead atoms. The number of aromatic amines is 1. The van der Waals surface area contributed by atoms with Gasteiger partial charge in [-0.1, -0.05) is 0 Å². The number of fused-ring (bicyclic) bond motifs is 3. The van der Waals surface area contributed by atoms with Gasteiger partial charge >= 0.3 is 5.97 Å². The first-order chi connectivity index (χ1) is 13.7. The van der Waals surface area contributed by atoms with Crippen molar-refractivity contribution in [1.29, 1.82) is 5.26 Å². The Hall–Kier alpha value is -2.73. The molecule has 0 saturated heterocycles. The Morgan fingerprint density at radius 1 is 1.34 bits per heavy atom. The quantitative estimate of drug-likeness (QED) is 0.721. The minimum absolute atomic E-state index is 0.00181. The molecule has 154 valence electrons. The lowest BCUT2D eigenvalue weighted by Gasteiger charge is -2.28. The van der Waals surface area contributed by atoms with Crippen LogP contribution in [0.5, 0.6) is 0 Å². The maximum absolute atomic E-state index is 12.5. The van der Waals surface area contributed by atoms with Crippen molar-refractivity contribution in [3.63, 3.8) is 0 Å². The van der Waals surface area contributed by atoms with Gasteiger partial charge in [0.25, 0.3) is 11.5 Å². The topological polar surface area (TPSA) is 116 Å². The number of nitrogens with zero attached hydrogens (tertiary/aromatic N) is 3. The van der Waals surface area contributed by atoms with Crippen molar-refractivity contribution < 1.29 is 14.3 Å². The summed E-state index contributed by atoms with van der Waals surface area (Å²) in [6, 6.07) is 2.02. The third-order valence-electron chi connectivity index (χ3n) is 5.28. The first-order valence-electron chi connectivity index (χ1n) is 9.60. The van der Waals surface area contributed by atoms with E-state index in [1.807, 2.05) is 6.07 Å². The molecule has 8 nitrogen and oxygen atoms in total. The fourth-order valence-corrected chi connectivity index (χ4v) is 4.53. The van der Waals surface area contributed by atoms with Crippen LogP contribution in [0.4, 0.5) is 0 Å². The van der Waals surface area contributed by atoms with E-state index in [1.165, 1.54) is 16.8 Å². The first kappa shape index (κ1) is 21.0. The summed E-state index contributed by atoms with van der Waals surface area (Å²) in [7, 11) is 1.49. The minimum atomic E-state index is -0.984. The van der Waals surface area contributed by atoms with Gasteiger partial charge in [0.2, 0.25) is 0 Å². The molecule has 0 radical (unpaired) electrons. The highest BCUT2D eigenvalue weighted by Gasteiger charge is 2.27. The van der Waals surface area contributed by atoms with Crippen LogP contribution in [0.3, 0.4) is 0 Å². The van der Waals surface area contributed by atoms with E-state index >= 15 is 0 Å². The summed E-state index contributed by atoms with van der Waals surface area (Å²) in [6.07, 6.45) is 4.35. The molecule has 0 unspecified atom stereocenters. The Kier molecular flexibility index (Phi) is 6.03. The van der Waals surface area contributed by atoms with Crippen LogP contribution in [0, 0.1) is 11.3 Å². The Morgan fingerprint density at radius 3 is 2.79 bits per heavy atom. The molecular weight excluding hydrogens is 392 g/mol. The fourth-order valence-electron chi connectivity index (χ4n) is 3.25. The second-order valence-corrected chi connectivity index (χ2v) is 8.77. The molecule has 0 aliphatic heterocycles. The number of amides is 1. The van der Waals surface area contributed by atoms with Crippen LogP contribution in [-0.4, -0.2) is 45.9 Å². The van der Waals surface area contributed by atoms with Crippen molar-refractivity contribution in [1.82, 2.24) is 14.9 Å². The number of carbonyl (C=O) groups is 2. The van der Waals surface area contributed by atoms with Crippen LogP contribution in [0.1, 0.15) is 49.4 Å². The molecule has 0 fully saturated rings. The van der Waals surface area contributed by atoms with Gasteiger partial charge in [-0.15, -0.1) is 11.3 Å². The number of H-pyrrole nitrogens is 1. The number of nitrogens with one attached hydrogen (secondary N) is 1. The fraction of sp³-hybridized carbons (Fsp3) is 0.550.